The summed E-state index contributed by atoms with van der Waals surface area (Å²) in [7, 11) is 0. The molecule has 0 bridgehead atoms. The van der Waals surface area contributed by atoms with E-state index in [1.54, 1.807) is 0 Å². The van der Waals surface area contributed by atoms with Gasteiger partial charge in [0.25, 0.3) is 5.24 Å². The fraction of sp³-hybridized carbons (Fsp3) is 0.667. The van der Waals surface area contributed by atoms with Crippen molar-refractivity contribution in [2.75, 3.05) is 6.54 Å². The van der Waals surface area contributed by atoms with Gasteiger partial charge in [-0.25, -0.2) is 0 Å². The van der Waals surface area contributed by atoms with Crippen LogP contribution in [0.4, 0.5) is 0 Å². The second kappa shape index (κ2) is 2.96. The van der Waals surface area contributed by atoms with Crippen LogP contribution in [0.3, 0.4) is 0 Å². The van der Waals surface area contributed by atoms with Gasteiger partial charge in [0.05, 0.1) is 0 Å². The normalized spacial score (nSPS) is 13.6. The van der Waals surface area contributed by atoms with Crippen LogP contribution in [0.1, 0.15) is 0 Å². The zero-order valence-corrected chi connectivity index (χ0v) is 4.35. The Bertz CT molecular complexity index is 75.3. The third-order valence-corrected chi connectivity index (χ3v) is 0.737. The summed E-state index contributed by atoms with van der Waals surface area (Å²) in [5.74, 6) is 0. The van der Waals surface area contributed by atoms with Crippen LogP contribution in [0.15, 0.2) is 0 Å². The lowest BCUT2D eigenvalue weighted by atomic mass is 10.4. The molecule has 0 aliphatic carbocycles. The Morgan fingerprint density at radius 3 is 2.43 bits per heavy atom. The smallest absolute Gasteiger partial charge is 0.251 e. The molecule has 1 atom stereocenters. The van der Waals surface area contributed by atoms with Gasteiger partial charge in [-0.05, 0) is 11.6 Å². The predicted octanol–water partition coefficient (Wildman–Crippen LogP) is -0.929. The molecule has 0 rings (SSSR count). The molecular formula is C3H6ClNO2. The third kappa shape index (κ3) is 2.56. The average Bonchev–Trinajstić information content (AvgIpc) is 1.65. The van der Waals surface area contributed by atoms with Crippen molar-refractivity contribution in [2.24, 2.45) is 5.73 Å². The van der Waals surface area contributed by atoms with Gasteiger partial charge in [0.1, 0.15) is 6.10 Å². The molecule has 0 aromatic rings. The van der Waals surface area contributed by atoms with Gasteiger partial charge in [-0.1, -0.05) is 0 Å². The second-order valence-electron chi connectivity index (χ2n) is 1.06. The lowest BCUT2D eigenvalue weighted by Gasteiger charge is -1.95. The Balaban J connectivity index is 3.34. The molecule has 0 fully saturated rings. The predicted molar refractivity (Wildman–Crippen MR) is 25.9 cm³/mol. The highest BCUT2D eigenvalue weighted by Gasteiger charge is 2.06. The summed E-state index contributed by atoms with van der Waals surface area (Å²) in [5, 5.41) is 7.53. The minimum absolute atomic E-state index is 0.109. The Kier molecular flexibility index (Phi) is 2.91. The first-order valence-corrected chi connectivity index (χ1v) is 2.13. The van der Waals surface area contributed by atoms with Crippen LogP contribution >= 0.6 is 11.6 Å². The number of carbonyl (C=O) groups excluding carboxylic acids is 1. The molecule has 0 amide bonds. The summed E-state index contributed by atoms with van der Waals surface area (Å²) >= 11 is 4.76. The fourth-order valence-corrected chi connectivity index (χ4v) is 0.182. The van der Waals surface area contributed by atoms with Crippen molar-refractivity contribution in [2.45, 2.75) is 6.10 Å². The first-order chi connectivity index (χ1) is 3.18. The summed E-state index contributed by atoms with van der Waals surface area (Å²) in [6.45, 7) is -0.109. The Labute approximate surface area is 46.1 Å². The Hall–Kier alpha value is -0.120. The van der Waals surface area contributed by atoms with Gasteiger partial charge in [0.15, 0.2) is 0 Å². The van der Waals surface area contributed by atoms with Crippen LogP contribution in [0.25, 0.3) is 0 Å². The molecule has 3 nitrogen and oxygen atoms in total. The maximum atomic E-state index is 9.81. The molecule has 7 heavy (non-hydrogen) atoms. The number of hydrogen-bond donors (Lipinski definition) is 2. The van der Waals surface area contributed by atoms with Crippen LogP contribution in [-0.4, -0.2) is 23.0 Å². The van der Waals surface area contributed by atoms with Crippen LogP contribution in [0, 0.1) is 0 Å². The van der Waals surface area contributed by atoms with Gasteiger partial charge >= 0.3 is 0 Å². The van der Waals surface area contributed by atoms with Crippen LogP contribution in [-0.2, 0) is 4.79 Å². The Morgan fingerprint density at radius 2 is 2.43 bits per heavy atom. The number of aliphatic hydroxyl groups is 1. The van der Waals surface area contributed by atoms with E-state index in [9.17, 15) is 4.79 Å². The molecule has 1 unspecified atom stereocenters. The van der Waals surface area contributed by atoms with Crippen LogP contribution in [0.5, 0.6) is 0 Å². The third-order valence-electron chi connectivity index (χ3n) is 0.485. The highest BCUT2D eigenvalue weighted by Crippen LogP contribution is 1.85. The number of carbonyl (C=O) groups is 1. The van der Waals surface area contributed by atoms with Gasteiger partial charge < -0.3 is 10.8 Å². The number of nitrogens with two attached hydrogens (primary N) is 1. The SMILES string of the molecule is NCC(O)C(=O)Cl. The standard InChI is InChI=1S/C3H6ClNO2/c4-3(7)2(6)1-5/h2,6H,1,5H2. The van der Waals surface area contributed by atoms with Gasteiger partial charge in [0.2, 0.25) is 0 Å². The maximum absolute atomic E-state index is 9.81. The minimum Gasteiger partial charge on any atom is -0.383 e. The van der Waals surface area contributed by atoms with E-state index in [4.69, 9.17) is 22.4 Å². The summed E-state index contributed by atoms with van der Waals surface area (Å²) < 4.78 is 0. The van der Waals surface area contributed by atoms with Crippen molar-refractivity contribution in [3.05, 3.63) is 0 Å². The molecule has 3 N–H and O–H groups in total. The van der Waals surface area contributed by atoms with Gasteiger partial charge in [-0.3, -0.25) is 4.79 Å². The summed E-state index contributed by atoms with van der Waals surface area (Å²) in [4.78, 5) is 9.81. The van der Waals surface area contributed by atoms with E-state index in [1.807, 2.05) is 0 Å². The molecule has 42 valence electrons. The quantitative estimate of drug-likeness (QED) is 0.467. The van der Waals surface area contributed by atoms with Crippen molar-refractivity contribution < 1.29 is 9.90 Å². The van der Waals surface area contributed by atoms with Crippen LogP contribution in [0.2, 0.25) is 0 Å². The highest BCUT2D eigenvalue weighted by molar-refractivity contribution is 6.64. The molecule has 0 aliphatic heterocycles. The molecule has 4 heteroatoms. The van der Waals surface area contributed by atoms with E-state index in [0.29, 0.717) is 0 Å². The van der Waals surface area contributed by atoms with Gasteiger partial charge in [-0.2, -0.15) is 0 Å². The zero-order chi connectivity index (χ0) is 5.86. The molecule has 0 spiro atoms. The van der Waals surface area contributed by atoms with Gasteiger partial charge in [-0.15, -0.1) is 0 Å². The number of aliphatic hydroxyl groups excluding tert-OH is 1. The molecule has 0 saturated heterocycles. The second-order valence-corrected chi connectivity index (χ2v) is 1.43. The molecule has 0 radical (unpaired) electrons. The zero-order valence-electron chi connectivity index (χ0n) is 3.60. The monoisotopic (exact) mass is 123 g/mol. The van der Waals surface area contributed by atoms with Crippen molar-refractivity contribution in [3.63, 3.8) is 0 Å². The highest BCUT2D eigenvalue weighted by atomic mass is 35.5. The summed E-state index contributed by atoms with van der Waals surface area (Å²) in [6.07, 6.45) is -1.19. The summed E-state index contributed by atoms with van der Waals surface area (Å²) in [6, 6.07) is 0. The first kappa shape index (κ1) is 6.88. The maximum Gasteiger partial charge on any atom is 0.251 e. The van der Waals surface area contributed by atoms with Crippen molar-refractivity contribution in [1.29, 1.82) is 0 Å². The minimum atomic E-state index is -1.19. The van der Waals surface area contributed by atoms with E-state index < -0.39 is 11.3 Å². The number of hydrogen-bond acceptors (Lipinski definition) is 3. The van der Waals surface area contributed by atoms with E-state index in [-0.39, 0.29) is 6.54 Å². The summed E-state index contributed by atoms with van der Waals surface area (Å²) in [5.41, 5.74) is 4.82. The first-order valence-electron chi connectivity index (χ1n) is 1.76. The van der Waals surface area contributed by atoms with Crippen molar-refractivity contribution in [1.82, 2.24) is 0 Å². The van der Waals surface area contributed by atoms with Crippen molar-refractivity contribution in [3.8, 4) is 0 Å². The lowest BCUT2D eigenvalue weighted by molar-refractivity contribution is -0.118. The van der Waals surface area contributed by atoms with Crippen molar-refractivity contribution >= 4 is 16.8 Å². The molecule has 0 saturated carbocycles. The fourth-order valence-electron chi connectivity index (χ4n) is 0.0927. The molecular weight excluding hydrogens is 117 g/mol. The molecule has 0 aromatic carbocycles. The number of rotatable bonds is 2. The van der Waals surface area contributed by atoms with Gasteiger partial charge in [0, 0.05) is 6.54 Å². The molecule has 0 aromatic heterocycles. The van der Waals surface area contributed by atoms with E-state index in [2.05, 4.69) is 0 Å². The Morgan fingerprint density at radius 1 is 2.00 bits per heavy atom. The van der Waals surface area contributed by atoms with Crippen LogP contribution < -0.4 is 5.73 Å². The van der Waals surface area contributed by atoms with E-state index in [0.717, 1.165) is 0 Å². The topological polar surface area (TPSA) is 63.3 Å². The largest absolute Gasteiger partial charge is 0.383 e. The molecule has 0 aliphatic rings. The molecule has 0 heterocycles. The average molecular weight is 124 g/mol. The van der Waals surface area contributed by atoms with E-state index in [1.165, 1.54) is 0 Å². The van der Waals surface area contributed by atoms with E-state index >= 15 is 0 Å². The number of halogens is 1. The lowest BCUT2D eigenvalue weighted by Crippen LogP contribution is -2.25.